The van der Waals surface area contributed by atoms with E-state index in [1.54, 1.807) is 7.05 Å². The summed E-state index contributed by atoms with van der Waals surface area (Å²) in [5, 5.41) is 2.81. The number of likely N-dealkylation sites (N-methyl/N-ethyl adjacent to an activating group) is 1. The first-order valence-corrected chi connectivity index (χ1v) is 6.10. The third-order valence-corrected chi connectivity index (χ3v) is 2.71. The van der Waals surface area contributed by atoms with E-state index in [0.717, 1.165) is 0 Å². The van der Waals surface area contributed by atoms with Crippen molar-refractivity contribution in [2.75, 3.05) is 26.8 Å². The summed E-state index contributed by atoms with van der Waals surface area (Å²) in [7, 11) is 1.61. The highest BCUT2D eigenvalue weighted by molar-refractivity contribution is 5.86. The molecule has 104 valence electrons. The van der Waals surface area contributed by atoms with Crippen LogP contribution in [0.2, 0.25) is 0 Å². The predicted molar refractivity (Wildman–Crippen MR) is 67.8 cm³/mol. The van der Waals surface area contributed by atoms with Crippen molar-refractivity contribution in [2.24, 2.45) is 11.7 Å². The van der Waals surface area contributed by atoms with Crippen LogP contribution in [0.3, 0.4) is 0 Å². The van der Waals surface area contributed by atoms with E-state index in [0.29, 0.717) is 13.2 Å². The molecule has 1 saturated heterocycles. The van der Waals surface area contributed by atoms with Gasteiger partial charge in [0.1, 0.15) is 0 Å². The van der Waals surface area contributed by atoms with Crippen molar-refractivity contribution >= 4 is 11.8 Å². The van der Waals surface area contributed by atoms with Crippen LogP contribution in [0, 0.1) is 5.92 Å². The van der Waals surface area contributed by atoms with Crippen LogP contribution in [0.5, 0.6) is 0 Å². The highest BCUT2D eigenvalue weighted by atomic mass is 16.5. The number of nitrogens with two attached hydrogens (primary N) is 1. The zero-order valence-electron chi connectivity index (χ0n) is 11.5. The van der Waals surface area contributed by atoms with E-state index >= 15 is 0 Å². The zero-order chi connectivity index (χ0) is 13.9. The molecular formula is C12H23N3O3. The fraction of sp³-hybridized carbons (Fsp3) is 0.833. The van der Waals surface area contributed by atoms with Crippen LogP contribution in [0.1, 0.15) is 20.8 Å². The van der Waals surface area contributed by atoms with Crippen molar-refractivity contribution in [3.05, 3.63) is 0 Å². The summed E-state index contributed by atoms with van der Waals surface area (Å²) >= 11 is 0. The molecule has 3 N–H and O–H groups in total. The maximum atomic E-state index is 12.0. The van der Waals surface area contributed by atoms with Gasteiger partial charge in [0.15, 0.2) is 0 Å². The van der Waals surface area contributed by atoms with Gasteiger partial charge in [-0.3, -0.25) is 9.59 Å². The highest BCUT2D eigenvalue weighted by Crippen LogP contribution is 2.14. The van der Waals surface area contributed by atoms with Gasteiger partial charge >= 0.3 is 0 Å². The van der Waals surface area contributed by atoms with E-state index in [9.17, 15) is 9.59 Å². The van der Waals surface area contributed by atoms with Crippen molar-refractivity contribution < 1.29 is 14.3 Å². The van der Waals surface area contributed by atoms with E-state index in [2.05, 4.69) is 5.32 Å². The molecule has 1 aliphatic heterocycles. The summed E-state index contributed by atoms with van der Waals surface area (Å²) in [5.41, 5.74) is 5.48. The van der Waals surface area contributed by atoms with E-state index in [1.165, 1.54) is 4.90 Å². The van der Waals surface area contributed by atoms with Crippen LogP contribution in [0.15, 0.2) is 0 Å². The number of rotatable bonds is 3. The highest BCUT2D eigenvalue weighted by Gasteiger charge is 2.33. The molecule has 0 radical (unpaired) electrons. The first kappa shape index (κ1) is 14.9. The lowest BCUT2D eigenvalue weighted by Gasteiger charge is -2.25. The van der Waals surface area contributed by atoms with Crippen LogP contribution in [-0.2, 0) is 14.3 Å². The molecule has 1 aliphatic rings. The van der Waals surface area contributed by atoms with Crippen LogP contribution < -0.4 is 11.1 Å². The van der Waals surface area contributed by atoms with Gasteiger partial charge < -0.3 is 20.7 Å². The molecule has 0 bridgehead atoms. The molecule has 1 rings (SSSR count). The van der Waals surface area contributed by atoms with Crippen molar-refractivity contribution in [1.29, 1.82) is 0 Å². The third-order valence-electron chi connectivity index (χ3n) is 2.71. The van der Waals surface area contributed by atoms with Gasteiger partial charge in [0.05, 0.1) is 25.7 Å². The third kappa shape index (κ3) is 4.27. The number of nitrogens with one attached hydrogen (secondary N) is 1. The molecule has 0 aromatic rings. The van der Waals surface area contributed by atoms with Gasteiger partial charge in [0.25, 0.3) is 0 Å². The molecule has 1 heterocycles. The summed E-state index contributed by atoms with van der Waals surface area (Å²) in [4.78, 5) is 25.1. The normalized spacial score (nSPS) is 23.8. The van der Waals surface area contributed by atoms with Gasteiger partial charge in [-0.1, -0.05) is 0 Å². The smallest absolute Gasteiger partial charge is 0.240 e. The molecule has 6 heteroatoms. The number of ether oxygens (including phenoxy) is 1. The summed E-state index contributed by atoms with van der Waals surface area (Å²) in [6, 6.07) is -0.273. The second kappa shape index (κ2) is 5.67. The first-order valence-electron chi connectivity index (χ1n) is 6.10. The van der Waals surface area contributed by atoms with Crippen molar-refractivity contribution in [1.82, 2.24) is 10.2 Å². The Hall–Kier alpha value is -1.14. The van der Waals surface area contributed by atoms with Crippen LogP contribution in [0.25, 0.3) is 0 Å². The average molecular weight is 257 g/mol. The molecule has 2 atom stereocenters. The fourth-order valence-corrected chi connectivity index (χ4v) is 1.86. The molecule has 0 aliphatic carbocycles. The maximum absolute atomic E-state index is 12.0. The van der Waals surface area contributed by atoms with Gasteiger partial charge in [-0.05, 0) is 20.8 Å². The van der Waals surface area contributed by atoms with Gasteiger partial charge in [0.2, 0.25) is 11.8 Å². The number of carbonyl (C=O) groups excluding carboxylic acids is 2. The summed E-state index contributed by atoms with van der Waals surface area (Å²) in [6.45, 7) is 6.47. The van der Waals surface area contributed by atoms with E-state index in [-0.39, 0.29) is 35.9 Å². The van der Waals surface area contributed by atoms with E-state index < -0.39 is 0 Å². The Balaban J connectivity index is 2.47. The number of nitrogens with zero attached hydrogens (tertiary/aromatic N) is 1. The Kier molecular flexibility index (Phi) is 4.70. The molecule has 2 amide bonds. The number of hydrogen-bond donors (Lipinski definition) is 2. The molecule has 0 saturated carbocycles. The quantitative estimate of drug-likeness (QED) is 0.702. The average Bonchev–Trinajstić information content (AvgIpc) is 2.60. The molecule has 1 fully saturated rings. The fourth-order valence-electron chi connectivity index (χ4n) is 1.86. The van der Waals surface area contributed by atoms with Crippen molar-refractivity contribution in [3.8, 4) is 0 Å². The first-order chi connectivity index (χ1) is 8.20. The topological polar surface area (TPSA) is 84.7 Å². The van der Waals surface area contributed by atoms with Gasteiger partial charge in [-0.15, -0.1) is 0 Å². The molecule has 18 heavy (non-hydrogen) atoms. The second-order valence-electron chi connectivity index (χ2n) is 5.80. The lowest BCUT2D eigenvalue weighted by molar-refractivity contribution is -0.138. The van der Waals surface area contributed by atoms with Crippen LogP contribution in [-0.4, -0.2) is 55.1 Å². The minimum absolute atomic E-state index is 0.0410. The number of carbonyl (C=O) groups is 2. The molecule has 6 nitrogen and oxygen atoms in total. The minimum Gasteiger partial charge on any atom is -0.379 e. The lowest BCUT2D eigenvalue weighted by atomic mass is 10.0. The SMILES string of the molecule is CN(CC(=O)NC(C)(C)C)C(=O)C1COCC1N. The monoisotopic (exact) mass is 257 g/mol. The second-order valence-corrected chi connectivity index (χ2v) is 5.80. The Bertz CT molecular complexity index is 325. The lowest BCUT2D eigenvalue weighted by Crippen LogP contribution is -2.49. The van der Waals surface area contributed by atoms with Crippen LogP contribution >= 0.6 is 0 Å². The standard InChI is InChI=1S/C12H23N3O3/c1-12(2,3)14-10(16)5-15(4)11(17)8-6-18-7-9(8)13/h8-9H,5-7,13H2,1-4H3,(H,14,16). The zero-order valence-corrected chi connectivity index (χ0v) is 11.5. The molecule has 0 aromatic heterocycles. The van der Waals surface area contributed by atoms with Crippen molar-refractivity contribution in [2.45, 2.75) is 32.4 Å². The van der Waals surface area contributed by atoms with Gasteiger partial charge in [-0.25, -0.2) is 0 Å². The van der Waals surface area contributed by atoms with E-state index in [1.807, 2.05) is 20.8 Å². The Morgan fingerprint density at radius 1 is 1.39 bits per heavy atom. The maximum Gasteiger partial charge on any atom is 0.240 e. The Morgan fingerprint density at radius 2 is 2.00 bits per heavy atom. The summed E-state index contributed by atoms with van der Waals surface area (Å²) in [6.07, 6.45) is 0. The minimum atomic E-state index is -0.336. The van der Waals surface area contributed by atoms with Crippen LogP contribution in [0.4, 0.5) is 0 Å². The predicted octanol–water partition coefficient (Wildman–Crippen LogP) is -0.667. The summed E-state index contributed by atoms with van der Waals surface area (Å²) < 4.78 is 5.15. The van der Waals surface area contributed by atoms with Gasteiger partial charge in [0, 0.05) is 18.6 Å². The van der Waals surface area contributed by atoms with E-state index in [4.69, 9.17) is 10.5 Å². The Morgan fingerprint density at radius 3 is 2.44 bits per heavy atom. The summed E-state index contributed by atoms with van der Waals surface area (Å²) in [5.74, 6) is -0.646. The molecule has 0 aromatic carbocycles. The van der Waals surface area contributed by atoms with Crippen molar-refractivity contribution in [3.63, 3.8) is 0 Å². The molecule has 2 unspecified atom stereocenters. The molecule has 0 spiro atoms. The largest absolute Gasteiger partial charge is 0.379 e. The Labute approximate surface area is 108 Å². The molecular weight excluding hydrogens is 234 g/mol. The number of amides is 2. The van der Waals surface area contributed by atoms with Gasteiger partial charge in [-0.2, -0.15) is 0 Å². The number of hydrogen-bond acceptors (Lipinski definition) is 4.